The molecule has 82 valence electrons. The van der Waals surface area contributed by atoms with E-state index in [1.807, 2.05) is 6.07 Å². The lowest BCUT2D eigenvalue weighted by molar-refractivity contribution is 0.477. The minimum Gasteiger partial charge on any atom is -0.449 e. The predicted molar refractivity (Wildman–Crippen MR) is 53.1 cm³/mol. The van der Waals surface area contributed by atoms with Crippen LogP contribution in [0.4, 0.5) is 0 Å². The predicted octanol–water partition coefficient (Wildman–Crippen LogP) is -0.471. The lowest BCUT2D eigenvalue weighted by Gasteiger charge is -2.00. The molecule has 0 aromatic carbocycles. The number of primary sulfonamides is 1. The minimum atomic E-state index is -3.42. The summed E-state index contributed by atoms with van der Waals surface area (Å²) in [7, 11) is -3.42. The molecule has 1 rings (SSSR count). The molecule has 0 unspecified atom stereocenters. The Hall–Kier alpha value is -1.36. The first-order valence-electron chi connectivity index (χ1n) is 4.21. The molecular formula is C8H11N3O3S. The van der Waals surface area contributed by atoms with Crippen molar-refractivity contribution in [1.82, 2.24) is 5.32 Å². The zero-order valence-corrected chi connectivity index (χ0v) is 8.75. The minimum absolute atomic E-state index is 0.126. The lowest BCUT2D eigenvalue weighted by Crippen LogP contribution is -2.26. The van der Waals surface area contributed by atoms with Crippen molar-refractivity contribution in [2.45, 2.75) is 6.54 Å². The molecule has 1 aromatic rings. The molecule has 0 amide bonds. The molecule has 0 aliphatic carbocycles. The highest BCUT2D eigenvalue weighted by Crippen LogP contribution is 2.05. The van der Waals surface area contributed by atoms with Gasteiger partial charge in [-0.25, -0.2) is 13.6 Å². The molecule has 15 heavy (non-hydrogen) atoms. The monoisotopic (exact) mass is 229 g/mol. The summed E-state index contributed by atoms with van der Waals surface area (Å²) in [6, 6.07) is 5.06. The Morgan fingerprint density at radius 3 is 2.80 bits per heavy atom. The second-order valence-electron chi connectivity index (χ2n) is 2.92. The van der Waals surface area contributed by atoms with E-state index in [0.29, 0.717) is 12.3 Å². The molecule has 6 nitrogen and oxygen atoms in total. The van der Waals surface area contributed by atoms with Crippen LogP contribution in [0.25, 0.3) is 0 Å². The van der Waals surface area contributed by atoms with E-state index in [2.05, 4.69) is 5.32 Å². The number of nitrogens with zero attached hydrogens (tertiary/aromatic N) is 1. The van der Waals surface area contributed by atoms with Crippen LogP contribution in [-0.2, 0) is 16.6 Å². The Morgan fingerprint density at radius 1 is 1.53 bits per heavy atom. The van der Waals surface area contributed by atoms with E-state index in [4.69, 9.17) is 14.8 Å². The van der Waals surface area contributed by atoms with E-state index < -0.39 is 10.0 Å². The average Bonchev–Trinajstić information content (AvgIpc) is 2.59. The van der Waals surface area contributed by atoms with Crippen LogP contribution in [0.5, 0.6) is 0 Å². The zero-order valence-electron chi connectivity index (χ0n) is 7.93. The maximum atomic E-state index is 10.6. The van der Waals surface area contributed by atoms with Crippen molar-refractivity contribution in [2.75, 3.05) is 12.3 Å². The number of rotatable bonds is 5. The van der Waals surface area contributed by atoms with Crippen molar-refractivity contribution in [3.63, 3.8) is 0 Å². The smallest absolute Gasteiger partial charge is 0.210 e. The number of nitrogens with two attached hydrogens (primary N) is 1. The van der Waals surface area contributed by atoms with Gasteiger partial charge in [0, 0.05) is 6.54 Å². The average molecular weight is 229 g/mol. The third-order valence-corrected chi connectivity index (χ3v) is 2.41. The van der Waals surface area contributed by atoms with Crippen LogP contribution in [0.2, 0.25) is 0 Å². The largest absolute Gasteiger partial charge is 0.449 e. The Kier molecular flexibility index (Phi) is 3.85. The fourth-order valence-corrected chi connectivity index (χ4v) is 1.39. The summed E-state index contributed by atoms with van der Waals surface area (Å²) >= 11 is 0. The van der Waals surface area contributed by atoms with E-state index in [0.717, 1.165) is 0 Å². The highest BCUT2D eigenvalue weighted by molar-refractivity contribution is 7.89. The normalized spacial score (nSPS) is 11.2. The molecule has 0 radical (unpaired) electrons. The van der Waals surface area contributed by atoms with Crippen LogP contribution in [0.15, 0.2) is 16.5 Å². The summed E-state index contributed by atoms with van der Waals surface area (Å²) in [4.78, 5) is 0. The van der Waals surface area contributed by atoms with Crippen LogP contribution < -0.4 is 10.5 Å². The highest BCUT2D eigenvalue weighted by atomic mass is 32.2. The van der Waals surface area contributed by atoms with Gasteiger partial charge in [-0.1, -0.05) is 0 Å². The number of sulfonamides is 1. The Morgan fingerprint density at radius 2 is 2.27 bits per heavy atom. The molecule has 0 aliphatic rings. The Bertz CT molecular complexity index is 458. The highest BCUT2D eigenvalue weighted by Gasteiger charge is 2.03. The van der Waals surface area contributed by atoms with E-state index in [1.54, 1.807) is 12.1 Å². The van der Waals surface area contributed by atoms with Gasteiger partial charge in [-0.05, 0) is 12.1 Å². The second kappa shape index (κ2) is 4.93. The Balaban J connectivity index is 2.30. The summed E-state index contributed by atoms with van der Waals surface area (Å²) < 4.78 is 26.2. The van der Waals surface area contributed by atoms with Gasteiger partial charge in [0.1, 0.15) is 11.8 Å². The molecule has 7 heteroatoms. The van der Waals surface area contributed by atoms with Crippen LogP contribution in [0.3, 0.4) is 0 Å². The molecule has 0 bridgehead atoms. The fraction of sp³-hybridized carbons (Fsp3) is 0.375. The number of hydrogen-bond donors (Lipinski definition) is 2. The third kappa shape index (κ3) is 4.60. The maximum Gasteiger partial charge on any atom is 0.210 e. The van der Waals surface area contributed by atoms with Gasteiger partial charge in [0.05, 0.1) is 12.3 Å². The van der Waals surface area contributed by atoms with E-state index in [-0.39, 0.29) is 18.1 Å². The van der Waals surface area contributed by atoms with Crippen LogP contribution >= 0.6 is 0 Å². The standard InChI is InChI=1S/C8H11N3O3S/c9-5-7-1-2-8(14-7)6-11-3-4-15(10,12)13/h1-2,11H,3-4,6H2,(H2,10,12,13). The lowest BCUT2D eigenvalue weighted by atomic mass is 10.4. The van der Waals surface area contributed by atoms with Crippen molar-refractivity contribution in [3.8, 4) is 6.07 Å². The Labute approximate surface area is 87.7 Å². The van der Waals surface area contributed by atoms with Gasteiger partial charge in [0.25, 0.3) is 0 Å². The molecule has 0 atom stereocenters. The summed E-state index contributed by atoms with van der Waals surface area (Å²) in [5, 5.41) is 16.1. The number of nitriles is 1. The van der Waals surface area contributed by atoms with E-state index in [1.165, 1.54) is 0 Å². The van der Waals surface area contributed by atoms with Gasteiger partial charge in [-0.3, -0.25) is 0 Å². The molecule has 3 N–H and O–H groups in total. The van der Waals surface area contributed by atoms with Gasteiger partial charge >= 0.3 is 0 Å². The van der Waals surface area contributed by atoms with Gasteiger partial charge in [0.2, 0.25) is 15.8 Å². The van der Waals surface area contributed by atoms with Crippen molar-refractivity contribution in [1.29, 1.82) is 5.26 Å². The molecule has 1 aromatic heterocycles. The van der Waals surface area contributed by atoms with Crippen molar-refractivity contribution < 1.29 is 12.8 Å². The molecule has 1 heterocycles. The SMILES string of the molecule is N#Cc1ccc(CNCCS(N)(=O)=O)o1. The summed E-state index contributed by atoms with van der Waals surface area (Å²) in [6.45, 7) is 0.624. The van der Waals surface area contributed by atoms with Crippen molar-refractivity contribution in [2.24, 2.45) is 5.14 Å². The fourth-order valence-electron chi connectivity index (χ4n) is 0.959. The van der Waals surface area contributed by atoms with Gasteiger partial charge in [0.15, 0.2) is 0 Å². The molecule has 0 saturated heterocycles. The molecule has 0 fully saturated rings. The number of furan rings is 1. The number of nitrogens with one attached hydrogen (secondary N) is 1. The summed E-state index contributed by atoms with van der Waals surface area (Å²) in [6.07, 6.45) is 0. The zero-order chi connectivity index (χ0) is 11.3. The van der Waals surface area contributed by atoms with E-state index >= 15 is 0 Å². The van der Waals surface area contributed by atoms with Crippen LogP contribution in [0.1, 0.15) is 11.5 Å². The molecule has 0 aliphatic heterocycles. The molecule has 0 spiro atoms. The third-order valence-electron chi connectivity index (χ3n) is 1.63. The maximum absolute atomic E-state index is 10.6. The number of hydrogen-bond acceptors (Lipinski definition) is 5. The first-order valence-corrected chi connectivity index (χ1v) is 5.93. The van der Waals surface area contributed by atoms with Crippen molar-refractivity contribution in [3.05, 3.63) is 23.7 Å². The topological polar surface area (TPSA) is 109 Å². The summed E-state index contributed by atoms with van der Waals surface area (Å²) in [5.74, 6) is 0.693. The van der Waals surface area contributed by atoms with E-state index in [9.17, 15) is 8.42 Å². The molecule has 0 saturated carbocycles. The first-order chi connectivity index (χ1) is 7.01. The van der Waals surface area contributed by atoms with Crippen LogP contribution in [0, 0.1) is 11.3 Å². The second-order valence-corrected chi connectivity index (χ2v) is 4.66. The van der Waals surface area contributed by atoms with Crippen LogP contribution in [-0.4, -0.2) is 20.7 Å². The quantitative estimate of drug-likeness (QED) is 0.663. The van der Waals surface area contributed by atoms with Gasteiger partial charge < -0.3 is 9.73 Å². The summed E-state index contributed by atoms with van der Waals surface area (Å²) in [5.41, 5.74) is 0. The molecular weight excluding hydrogens is 218 g/mol. The first kappa shape index (κ1) is 11.7. The van der Waals surface area contributed by atoms with Crippen molar-refractivity contribution >= 4 is 10.0 Å². The van der Waals surface area contributed by atoms with Gasteiger partial charge in [-0.2, -0.15) is 5.26 Å². The van der Waals surface area contributed by atoms with Gasteiger partial charge in [-0.15, -0.1) is 0 Å².